The summed E-state index contributed by atoms with van der Waals surface area (Å²) in [6.07, 6.45) is 4.20. The van der Waals surface area contributed by atoms with E-state index >= 15 is 0 Å². The molecule has 0 atom stereocenters. The van der Waals surface area contributed by atoms with Crippen molar-refractivity contribution in [2.45, 2.75) is 19.4 Å². The summed E-state index contributed by atoms with van der Waals surface area (Å²) in [6, 6.07) is 5.77. The van der Waals surface area contributed by atoms with E-state index in [0.29, 0.717) is 10.0 Å². The molecule has 0 N–H and O–H groups in total. The van der Waals surface area contributed by atoms with Crippen LogP contribution in [0.2, 0.25) is 10.0 Å². The molecule has 0 aliphatic carbocycles. The van der Waals surface area contributed by atoms with Crippen LogP contribution in [-0.4, -0.2) is 18.3 Å². The molecule has 1 aromatic carbocycles. The number of aromatic nitrogens is 1. The smallest absolute Gasteiger partial charge is 0.0514 e. The van der Waals surface area contributed by atoms with Gasteiger partial charge in [0.1, 0.15) is 0 Å². The van der Waals surface area contributed by atoms with Crippen molar-refractivity contribution in [3.8, 4) is 0 Å². The normalized spacial score (nSPS) is 11.2. The highest BCUT2D eigenvalue weighted by Crippen LogP contribution is 2.28. The molecule has 2 aromatic rings. The van der Waals surface area contributed by atoms with Gasteiger partial charge in [-0.1, -0.05) is 23.2 Å². The van der Waals surface area contributed by atoms with Crippen LogP contribution >= 0.6 is 23.2 Å². The first-order valence-electron chi connectivity index (χ1n) is 5.65. The maximum Gasteiger partial charge on any atom is 0.0514 e. The van der Waals surface area contributed by atoms with Crippen molar-refractivity contribution in [1.29, 1.82) is 0 Å². The predicted molar refractivity (Wildman–Crippen MR) is 73.1 cm³/mol. The maximum absolute atomic E-state index is 6.14. The molecule has 17 heavy (non-hydrogen) atoms. The number of fused-ring (bicyclic) bond motifs is 1. The van der Waals surface area contributed by atoms with E-state index < -0.39 is 0 Å². The highest BCUT2D eigenvalue weighted by molar-refractivity contribution is 6.38. The molecule has 0 saturated heterocycles. The number of methoxy groups -OCH3 is 1. The van der Waals surface area contributed by atoms with Crippen LogP contribution in [0.4, 0.5) is 0 Å². The molecule has 1 heterocycles. The van der Waals surface area contributed by atoms with Crippen LogP contribution < -0.4 is 0 Å². The Morgan fingerprint density at radius 3 is 2.82 bits per heavy atom. The highest BCUT2D eigenvalue weighted by atomic mass is 35.5. The quantitative estimate of drug-likeness (QED) is 0.737. The molecule has 2 rings (SSSR count). The molecule has 1 aromatic heterocycles. The van der Waals surface area contributed by atoms with Crippen LogP contribution in [0.25, 0.3) is 10.9 Å². The van der Waals surface area contributed by atoms with Gasteiger partial charge in [-0.05, 0) is 31.0 Å². The third-order valence-corrected chi connectivity index (χ3v) is 3.33. The zero-order valence-corrected chi connectivity index (χ0v) is 11.3. The third-order valence-electron chi connectivity index (χ3n) is 2.80. The van der Waals surface area contributed by atoms with Crippen molar-refractivity contribution in [3.63, 3.8) is 0 Å². The first-order valence-corrected chi connectivity index (χ1v) is 6.41. The number of nitrogens with zero attached hydrogens (tertiary/aromatic N) is 1. The van der Waals surface area contributed by atoms with Crippen LogP contribution in [0.3, 0.4) is 0 Å². The highest BCUT2D eigenvalue weighted by Gasteiger charge is 2.06. The zero-order valence-electron chi connectivity index (χ0n) is 9.75. The molecule has 0 bridgehead atoms. The Morgan fingerprint density at radius 1 is 1.24 bits per heavy atom. The standard InChI is InChI=1S/C13H15Cl2NO/c1-17-7-3-2-5-16-6-4-11-12(15)8-10(14)9-13(11)16/h4,6,8-9H,2-3,5,7H2,1H3. The first-order chi connectivity index (χ1) is 8.22. The molecule has 0 radical (unpaired) electrons. The molecule has 0 aliphatic rings. The largest absolute Gasteiger partial charge is 0.385 e. The number of halogens is 2. The van der Waals surface area contributed by atoms with Crippen molar-refractivity contribution in [2.24, 2.45) is 0 Å². The summed E-state index contributed by atoms with van der Waals surface area (Å²) in [5.74, 6) is 0. The molecule has 0 unspecified atom stereocenters. The molecule has 0 saturated carbocycles. The van der Waals surface area contributed by atoms with Gasteiger partial charge in [-0.2, -0.15) is 0 Å². The van der Waals surface area contributed by atoms with Crippen molar-refractivity contribution in [2.75, 3.05) is 13.7 Å². The second kappa shape index (κ2) is 5.76. The number of hydrogen-bond acceptors (Lipinski definition) is 1. The summed E-state index contributed by atoms with van der Waals surface area (Å²) in [5, 5.41) is 2.45. The minimum Gasteiger partial charge on any atom is -0.385 e. The van der Waals surface area contributed by atoms with Crippen molar-refractivity contribution in [1.82, 2.24) is 4.57 Å². The fourth-order valence-electron chi connectivity index (χ4n) is 1.94. The molecule has 2 nitrogen and oxygen atoms in total. The van der Waals surface area contributed by atoms with Gasteiger partial charge in [0.05, 0.1) is 10.5 Å². The second-order valence-electron chi connectivity index (χ2n) is 4.03. The maximum atomic E-state index is 6.14. The van der Waals surface area contributed by atoms with E-state index in [2.05, 4.69) is 10.8 Å². The van der Waals surface area contributed by atoms with Crippen molar-refractivity contribution >= 4 is 34.1 Å². The number of hydrogen-bond donors (Lipinski definition) is 0. The summed E-state index contributed by atoms with van der Waals surface area (Å²) in [4.78, 5) is 0. The van der Waals surface area contributed by atoms with Crippen LogP contribution in [-0.2, 0) is 11.3 Å². The lowest BCUT2D eigenvalue weighted by Crippen LogP contribution is -1.98. The number of unbranched alkanes of at least 4 members (excludes halogenated alkanes) is 1. The number of aryl methyl sites for hydroxylation is 1. The lowest BCUT2D eigenvalue weighted by atomic mass is 10.2. The van der Waals surface area contributed by atoms with Crippen LogP contribution in [0.15, 0.2) is 24.4 Å². The number of rotatable bonds is 5. The molecular formula is C13H15Cl2NO. The van der Waals surface area contributed by atoms with Gasteiger partial charge < -0.3 is 9.30 Å². The van der Waals surface area contributed by atoms with Gasteiger partial charge in [0.2, 0.25) is 0 Å². The molecular weight excluding hydrogens is 257 g/mol. The van der Waals surface area contributed by atoms with Crippen LogP contribution in [0, 0.1) is 0 Å². The Balaban J connectivity index is 2.18. The zero-order chi connectivity index (χ0) is 12.3. The van der Waals surface area contributed by atoms with E-state index in [9.17, 15) is 0 Å². The Labute approximate surface area is 111 Å². The lowest BCUT2D eigenvalue weighted by Gasteiger charge is -2.06. The van der Waals surface area contributed by atoms with Gasteiger partial charge in [-0.3, -0.25) is 0 Å². The molecule has 0 fully saturated rings. The first kappa shape index (κ1) is 12.7. The molecule has 0 aliphatic heterocycles. The number of ether oxygens (including phenoxy) is 1. The van der Waals surface area contributed by atoms with E-state index in [-0.39, 0.29) is 0 Å². The molecule has 0 amide bonds. The minimum absolute atomic E-state index is 0.680. The Kier molecular flexibility index (Phi) is 4.32. The number of benzene rings is 1. The predicted octanol–water partition coefficient (Wildman–Crippen LogP) is 4.37. The summed E-state index contributed by atoms with van der Waals surface area (Å²) >= 11 is 12.2. The van der Waals surface area contributed by atoms with E-state index in [4.69, 9.17) is 27.9 Å². The van der Waals surface area contributed by atoms with Crippen LogP contribution in [0.1, 0.15) is 12.8 Å². The lowest BCUT2D eigenvalue weighted by molar-refractivity contribution is 0.191. The summed E-state index contributed by atoms with van der Waals surface area (Å²) in [7, 11) is 1.73. The van der Waals surface area contributed by atoms with Crippen molar-refractivity contribution in [3.05, 3.63) is 34.4 Å². The van der Waals surface area contributed by atoms with Gasteiger partial charge in [0.25, 0.3) is 0 Å². The van der Waals surface area contributed by atoms with E-state index in [1.54, 1.807) is 13.2 Å². The van der Waals surface area contributed by atoms with Gasteiger partial charge in [-0.25, -0.2) is 0 Å². The Bertz CT molecular complexity index is 507. The minimum atomic E-state index is 0.680. The molecule has 0 spiro atoms. The fraction of sp³-hybridized carbons (Fsp3) is 0.385. The second-order valence-corrected chi connectivity index (χ2v) is 4.87. The average molecular weight is 272 g/mol. The van der Waals surface area contributed by atoms with Gasteiger partial charge in [0.15, 0.2) is 0 Å². The van der Waals surface area contributed by atoms with E-state index in [1.165, 1.54) is 0 Å². The van der Waals surface area contributed by atoms with Crippen molar-refractivity contribution < 1.29 is 4.74 Å². The van der Waals surface area contributed by atoms with Gasteiger partial charge >= 0.3 is 0 Å². The monoisotopic (exact) mass is 271 g/mol. The molecule has 92 valence electrons. The average Bonchev–Trinajstić information content (AvgIpc) is 2.68. The molecule has 4 heteroatoms. The van der Waals surface area contributed by atoms with Crippen LogP contribution in [0.5, 0.6) is 0 Å². The topological polar surface area (TPSA) is 14.2 Å². The summed E-state index contributed by atoms with van der Waals surface area (Å²) < 4.78 is 7.22. The summed E-state index contributed by atoms with van der Waals surface area (Å²) in [6.45, 7) is 1.77. The van der Waals surface area contributed by atoms with E-state index in [0.717, 1.165) is 36.9 Å². The Hall–Kier alpha value is -0.700. The summed E-state index contributed by atoms with van der Waals surface area (Å²) in [5.41, 5.74) is 1.10. The van der Waals surface area contributed by atoms with E-state index in [1.807, 2.05) is 12.1 Å². The fourth-order valence-corrected chi connectivity index (χ4v) is 2.49. The van der Waals surface area contributed by atoms with Gasteiger partial charge in [-0.15, -0.1) is 0 Å². The van der Waals surface area contributed by atoms with Gasteiger partial charge in [0, 0.05) is 36.9 Å². The SMILES string of the molecule is COCCCCn1ccc2c(Cl)cc(Cl)cc21. The Morgan fingerprint density at radius 2 is 2.06 bits per heavy atom. The third kappa shape index (κ3) is 2.95.